The normalized spacial score (nSPS) is 13.4. The van der Waals surface area contributed by atoms with Crippen LogP contribution in [0, 0.1) is 0 Å². The third-order valence-corrected chi connectivity index (χ3v) is 13.4. The molecule has 59 heavy (non-hydrogen) atoms. The largest absolute Gasteiger partial charge is 0.309 e. The number of hydrogen-bond donors (Lipinski definition) is 0. The van der Waals surface area contributed by atoms with Crippen LogP contribution < -0.4 is 0 Å². The van der Waals surface area contributed by atoms with Gasteiger partial charge in [0.1, 0.15) is 0 Å². The standard InChI is InChI=1S/C56H37N3/c1-56(2)48-25-26-51-55(54(48)46-31-44-40-19-11-9-17-38(40)39-18-10-12-20-41(39)45(44)32-49(46)56)43-24-22-35(30-53(43)59(51)37-15-7-4-8-16-37)34-21-23-42-47-33-57-28-27-50(47)58(52(42)29-34)36-13-5-3-6-14-36/h3-33H,1-2H3. The van der Waals surface area contributed by atoms with Gasteiger partial charge in [0.2, 0.25) is 0 Å². The SMILES string of the molecule is CC1(C)c2cc3c4ccccc4c4ccccc4c3cc2-c2c1ccc1c2c2ccc(-c3ccc4c5cnccc5n(-c5ccccc5)c4c3)cc2n1-c1ccccc1. The number of fused-ring (bicyclic) bond motifs is 16. The molecule has 0 atom stereocenters. The Labute approximate surface area is 341 Å². The second kappa shape index (κ2) is 11.8. The van der Waals surface area contributed by atoms with Gasteiger partial charge in [0.05, 0.1) is 22.1 Å². The zero-order chi connectivity index (χ0) is 39.0. The Kier molecular flexibility index (Phi) is 6.51. The van der Waals surface area contributed by atoms with E-state index in [0.717, 1.165) is 22.3 Å². The molecule has 0 unspecified atom stereocenters. The maximum absolute atomic E-state index is 4.52. The lowest BCUT2D eigenvalue weighted by molar-refractivity contribution is 0.661. The van der Waals surface area contributed by atoms with E-state index in [-0.39, 0.29) is 5.41 Å². The molecule has 3 heterocycles. The van der Waals surface area contributed by atoms with Gasteiger partial charge in [-0.2, -0.15) is 0 Å². The molecule has 0 amide bonds. The predicted molar refractivity (Wildman–Crippen MR) is 248 cm³/mol. The summed E-state index contributed by atoms with van der Waals surface area (Å²) in [5.74, 6) is 0. The molecule has 13 rings (SSSR count). The molecule has 0 spiro atoms. The van der Waals surface area contributed by atoms with Gasteiger partial charge in [-0.15, -0.1) is 0 Å². The Bertz CT molecular complexity index is 3740. The minimum absolute atomic E-state index is 0.178. The van der Waals surface area contributed by atoms with Crippen molar-refractivity contribution in [3.63, 3.8) is 0 Å². The van der Waals surface area contributed by atoms with Gasteiger partial charge in [-0.3, -0.25) is 4.98 Å². The summed E-state index contributed by atoms with van der Waals surface area (Å²) in [6.07, 6.45) is 3.88. The summed E-state index contributed by atoms with van der Waals surface area (Å²) in [7, 11) is 0. The number of nitrogens with zero attached hydrogens (tertiary/aromatic N) is 3. The average molecular weight is 752 g/mol. The summed E-state index contributed by atoms with van der Waals surface area (Å²) in [5.41, 5.74) is 14.7. The lowest BCUT2D eigenvalue weighted by Gasteiger charge is -2.22. The molecule has 0 fully saturated rings. The van der Waals surface area contributed by atoms with Gasteiger partial charge in [-0.1, -0.05) is 129 Å². The van der Waals surface area contributed by atoms with Crippen LogP contribution >= 0.6 is 0 Å². The van der Waals surface area contributed by atoms with Crippen molar-refractivity contribution in [2.24, 2.45) is 0 Å². The van der Waals surface area contributed by atoms with E-state index in [4.69, 9.17) is 0 Å². The zero-order valence-corrected chi connectivity index (χ0v) is 32.7. The van der Waals surface area contributed by atoms with Crippen molar-refractivity contribution >= 4 is 75.9 Å². The zero-order valence-electron chi connectivity index (χ0n) is 32.7. The summed E-state index contributed by atoms with van der Waals surface area (Å²) in [5, 5.41) is 12.8. The fourth-order valence-corrected chi connectivity index (χ4v) is 10.7. The quantitative estimate of drug-likeness (QED) is 0.165. The Hall–Kier alpha value is -7.49. The molecule has 276 valence electrons. The molecule has 0 saturated heterocycles. The van der Waals surface area contributed by atoms with Gasteiger partial charge < -0.3 is 9.13 Å². The number of rotatable bonds is 3. The van der Waals surface area contributed by atoms with Crippen molar-refractivity contribution in [2.45, 2.75) is 19.3 Å². The fraction of sp³-hybridized carbons (Fsp3) is 0.0536. The topological polar surface area (TPSA) is 22.8 Å². The Morgan fingerprint density at radius 3 is 1.58 bits per heavy atom. The highest BCUT2D eigenvalue weighted by Crippen LogP contribution is 2.55. The van der Waals surface area contributed by atoms with Crippen LogP contribution in [-0.4, -0.2) is 14.1 Å². The van der Waals surface area contributed by atoms with Gasteiger partial charge in [0, 0.05) is 50.7 Å². The number of pyridine rings is 1. The van der Waals surface area contributed by atoms with Gasteiger partial charge >= 0.3 is 0 Å². The van der Waals surface area contributed by atoms with E-state index in [1.165, 1.54) is 98.4 Å². The van der Waals surface area contributed by atoms with Crippen molar-refractivity contribution in [3.05, 3.63) is 199 Å². The number of aromatic nitrogens is 3. The van der Waals surface area contributed by atoms with Crippen LogP contribution in [-0.2, 0) is 5.41 Å². The highest BCUT2D eigenvalue weighted by molar-refractivity contribution is 6.27. The van der Waals surface area contributed by atoms with Crippen molar-refractivity contribution in [1.82, 2.24) is 14.1 Å². The second-order valence-electron chi connectivity index (χ2n) is 16.7. The Morgan fingerprint density at radius 1 is 0.390 bits per heavy atom. The molecule has 1 aliphatic carbocycles. The first kappa shape index (κ1) is 32.6. The molecule has 0 aliphatic heterocycles. The van der Waals surface area contributed by atoms with Crippen molar-refractivity contribution in [3.8, 4) is 33.6 Å². The monoisotopic (exact) mass is 751 g/mol. The predicted octanol–water partition coefficient (Wildman–Crippen LogP) is 14.7. The first-order chi connectivity index (χ1) is 29.0. The van der Waals surface area contributed by atoms with Crippen LogP contribution in [0.1, 0.15) is 25.0 Å². The molecule has 0 saturated carbocycles. The second-order valence-corrected chi connectivity index (χ2v) is 16.7. The van der Waals surface area contributed by atoms with Gasteiger partial charge in [0.15, 0.2) is 0 Å². The lowest BCUT2D eigenvalue weighted by Crippen LogP contribution is -2.14. The van der Waals surface area contributed by atoms with Gasteiger partial charge in [0.25, 0.3) is 0 Å². The summed E-state index contributed by atoms with van der Waals surface area (Å²) >= 11 is 0. The molecule has 1 aliphatic rings. The van der Waals surface area contributed by atoms with E-state index in [1.54, 1.807) is 0 Å². The van der Waals surface area contributed by atoms with Crippen LogP contribution in [0.3, 0.4) is 0 Å². The summed E-state index contributed by atoms with van der Waals surface area (Å²) in [6.45, 7) is 4.82. The van der Waals surface area contributed by atoms with Gasteiger partial charge in [-0.25, -0.2) is 0 Å². The van der Waals surface area contributed by atoms with Crippen LogP contribution in [0.25, 0.3) is 110 Å². The first-order valence-corrected chi connectivity index (χ1v) is 20.5. The van der Waals surface area contributed by atoms with E-state index in [2.05, 4.69) is 204 Å². The molecule has 9 aromatic carbocycles. The molecular formula is C56H37N3. The fourth-order valence-electron chi connectivity index (χ4n) is 10.7. The third-order valence-electron chi connectivity index (χ3n) is 13.4. The molecule has 0 bridgehead atoms. The average Bonchev–Trinajstić information content (AvgIpc) is 3.88. The maximum Gasteiger partial charge on any atom is 0.0571 e. The minimum atomic E-state index is -0.178. The lowest BCUT2D eigenvalue weighted by atomic mass is 9.81. The number of benzene rings is 9. The minimum Gasteiger partial charge on any atom is -0.309 e. The van der Waals surface area contributed by atoms with E-state index in [0.29, 0.717) is 0 Å². The smallest absolute Gasteiger partial charge is 0.0571 e. The van der Waals surface area contributed by atoms with Gasteiger partial charge in [-0.05, 0) is 126 Å². The van der Waals surface area contributed by atoms with Crippen LogP contribution in [0.5, 0.6) is 0 Å². The van der Waals surface area contributed by atoms with Crippen molar-refractivity contribution in [1.29, 1.82) is 0 Å². The van der Waals surface area contributed by atoms with Crippen LogP contribution in [0.2, 0.25) is 0 Å². The summed E-state index contributed by atoms with van der Waals surface area (Å²) in [6, 6.07) is 65.3. The van der Waals surface area contributed by atoms with E-state index < -0.39 is 0 Å². The van der Waals surface area contributed by atoms with Crippen molar-refractivity contribution < 1.29 is 0 Å². The molecular weight excluding hydrogens is 715 g/mol. The molecule has 3 nitrogen and oxygen atoms in total. The Balaban J connectivity index is 1.10. The highest BCUT2D eigenvalue weighted by Gasteiger charge is 2.38. The van der Waals surface area contributed by atoms with Crippen molar-refractivity contribution in [2.75, 3.05) is 0 Å². The number of para-hydroxylation sites is 2. The highest BCUT2D eigenvalue weighted by atomic mass is 15.0. The van der Waals surface area contributed by atoms with E-state index in [9.17, 15) is 0 Å². The number of hydrogen-bond acceptors (Lipinski definition) is 1. The summed E-state index contributed by atoms with van der Waals surface area (Å²) < 4.78 is 4.85. The van der Waals surface area contributed by atoms with E-state index in [1.807, 2.05) is 12.4 Å². The molecule has 0 N–H and O–H groups in total. The van der Waals surface area contributed by atoms with E-state index >= 15 is 0 Å². The molecule has 0 radical (unpaired) electrons. The molecule has 12 aromatic rings. The first-order valence-electron chi connectivity index (χ1n) is 20.5. The Morgan fingerprint density at radius 2 is 0.932 bits per heavy atom. The third kappa shape index (κ3) is 4.39. The molecule has 3 heteroatoms. The maximum atomic E-state index is 4.52. The van der Waals surface area contributed by atoms with Crippen LogP contribution in [0.4, 0.5) is 0 Å². The van der Waals surface area contributed by atoms with Crippen LogP contribution in [0.15, 0.2) is 188 Å². The summed E-state index contributed by atoms with van der Waals surface area (Å²) in [4.78, 5) is 4.52. The molecule has 3 aromatic heterocycles.